The number of carbonyl (C=O) groups is 2. The highest BCUT2D eigenvalue weighted by atomic mass is 19.1. The Kier molecular flexibility index (Phi) is 4.68. The van der Waals surface area contributed by atoms with Crippen LogP contribution in [0.5, 0.6) is 5.75 Å². The van der Waals surface area contributed by atoms with Gasteiger partial charge in [0.25, 0.3) is 0 Å². The lowest BCUT2D eigenvalue weighted by Gasteiger charge is -2.39. The van der Waals surface area contributed by atoms with Crippen LogP contribution in [-0.4, -0.2) is 23.6 Å². The number of hydrogen-bond donors (Lipinski definition) is 1. The highest BCUT2D eigenvalue weighted by Gasteiger charge is 2.40. The molecule has 2 aromatic carbocycles. The molecule has 0 radical (unpaired) electrons. The van der Waals surface area contributed by atoms with Crippen molar-refractivity contribution in [2.24, 2.45) is 0 Å². The first kappa shape index (κ1) is 17.9. The van der Waals surface area contributed by atoms with Crippen molar-refractivity contribution in [3.8, 4) is 5.75 Å². The molecule has 2 aromatic rings. The van der Waals surface area contributed by atoms with Crippen LogP contribution in [0.1, 0.15) is 36.7 Å². The summed E-state index contributed by atoms with van der Waals surface area (Å²) in [5.74, 6) is -0.421. The maximum Gasteiger partial charge on any atom is 0.338 e. The van der Waals surface area contributed by atoms with Crippen LogP contribution < -0.4 is 10.1 Å². The quantitative estimate of drug-likeness (QED) is 0.851. The molecule has 1 aliphatic heterocycles. The fraction of sp³-hybridized carbons (Fsp3) is 0.300. The summed E-state index contributed by atoms with van der Waals surface area (Å²) in [6, 6.07) is 10.6. The van der Waals surface area contributed by atoms with Gasteiger partial charge in [0.2, 0.25) is 5.91 Å². The third-order valence-electron chi connectivity index (χ3n) is 4.26. The second-order valence-corrected chi connectivity index (χ2v) is 6.81. The summed E-state index contributed by atoms with van der Waals surface area (Å²) in [6.45, 7) is 5.13. The Morgan fingerprint density at radius 1 is 1.19 bits per heavy atom. The number of carbonyl (C=O) groups excluding carboxylic acids is 2. The number of amides is 1. The van der Waals surface area contributed by atoms with Crippen LogP contribution >= 0.6 is 0 Å². The predicted molar refractivity (Wildman–Crippen MR) is 94.8 cm³/mol. The van der Waals surface area contributed by atoms with Crippen LogP contribution in [0.2, 0.25) is 0 Å². The lowest BCUT2D eigenvalue weighted by Crippen LogP contribution is -2.48. The van der Waals surface area contributed by atoms with E-state index in [9.17, 15) is 14.0 Å². The average Bonchev–Trinajstić information content (AvgIpc) is 2.55. The maximum atomic E-state index is 13.0. The Balaban J connectivity index is 1.81. The number of esters is 1. The molecule has 6 heteroatoms. The number of fused-ring (bicyclic) bond motifs is 1. The van der Waals surface area contributed by atoms with Gasteiger partial charge in [0.1, 0.15) is 23.3 Å². The summed E-state index contributed by atoms with van der Waals surface area (Å²) in [4.78, 5) is 23.6. The van der Waals surface area contributed by atoms with Crippen molar-refractivity contribution >= 4 is 17.6 Å². The third kappa shape index (κ3) is 3.85. The summed E-state index contributed by atoms with van der Waals surface area (Å²) in [6.07, 6.45) is -0.0805. The van der Waals surface area contributed by atoms with Crippen LogP contribution in [0, 0.1) is 5.82 Å². The molecule has 0 bridgehead atoms. The Bertz CT molecular complexity index is 845. The van der Waals surface area contributed by atoms with E-state index in [4.69, 9.17) is 9.47 Å². The number of ether oxygens (including phenoxy) is 2. The van der Waals surface area contributed by atoms with Gasteiger partial charge in [-0.1, -0.05) is 0 Å². The Labute approximate surface area is 151 Å². The van der Waals surface area contributed by atoms with E-state index in [0.29, 0.717) is 17.9 Å². The molecule has 0 aromatic heterocycles. The highest BCUT2D eigenvalue weighted by Crippen LogP contribution is 2.36. The van der Waals surface area contributed by atoms with Crippen molar-refractivity contribution in [2.75, 3.05) is 5.32 Å². The Hall–Kier alpha value is -2.89. The van der Waals surface area contributed by atoms with Gasteiger partial charge in [-0.05, 0) is 56.3 Å². The number of anilines is 1. The molecule has 1 aliphatic rings. The summed E-state index contributed by atoms with van der Waals surface area (Å²) < 4.78 is 24.7. The van der Waals surface area contributed by atoms with E-state index in [1.54, 1.807) is 12.1 Å². The molecule has 3 rings (SSSR count). The van der Waals surface area contributed by atoms with E-state index >= 15 is 0 Å². The number of hydrogen-bond acceptors (Lipinski definition) is 4. The molecular weight excluding hydrogens is 337 g/mol. The number of benzene rings is 2. The minimum atomic E-state index is -0.724. The first-order valence-corrected chi connectivity index (χ1v) is 8.31. The van der Waals surface area contributed by atoms with Crippen molar-refractivity contribution in [2.45, 2.75) is 38.9 Å². The van der Waals surface area contributed by atoms with E-state index in [1.165, 1.54) is 31.2 Å². The second kappa shape index (κ2) is 6.78. The average molecular weight is 357 g/mol. The van der Waals surface area contributed by atoms with E-state index in [0.717, 1.165) is 5.56 Å². The molecule has 1 unspecified atom stereocenters. The van der Waals surface area contributed by atoms with Crippen molar-refractivity contribution < 1.29 is 23.5 Å². The molecule has 0 saturated heterocycles. The normalized spacial score (nSPS) is 17.6. The molecule has 0 fully saturated rings. The van der Waals surface area contributed by atoms with E-state index in [1.807, 2.05) is 19.9 Å². The molecular formula is C20H20FNO4. The largest absolute Gasteiger partial charge is 0.484 e. The monoisotopic (exact) mass is 357 g/mol. The summed E-state index contributed by atoms with van der Waals surface area (Å²) in [5.41, 5.74) is 1.05. The zero-order chi connectivity index (χ0) is 18.9. The Morgan fingerprint density at radius 2 is 1.88 bits per heavy atom. The second-order valence-electron chi connectivity index (χ2n) is 6.81. The van der Waals surface area contributed by atoms with Crippen molar-refractivity contribution in [1.29, 1.82) is 0 Å². The zero-order valence-corrected chi connectivity index (χ0v) is 14.8. The molecule has 26 heavy (non-hydrogen) atoms. The first-order valence-electron chi connectivity index (χ1n) is 8.31. The van der Waals surface area contributed by atoms with Gasteiger partial charge in [-0.15, -0.1) is 0 Å². The van der Waals surface area contributed by atoms with Crippen LogP contribution in [-0.2, 0) is 16.0 Å². The fourth-order valence-corrected chi connectivity index (χ4v) is 2.88. The molecule has 1 amide bonds. The molecule has 1 heterocycles. The lowest BCUT2D eigenvalue weighted by atomic mass is 9.90. The minimum absolute atomic E-state index is 0.165. The smallest absolute Gasteiger partial charge is 0.338 e. The molecule has 0 spiro atoms. The Morgan fingerprint density at radius 3 is 2.54 bits per heavy atom. The topological polar surface area (TPSA) is 64.6 Å². The molecule has 136 valence electrons. The van der Waals surface area contributed by atoms with Crippen molar-refractivity contribution in [1.82, 2.24) is 0 Å². The first-order chi connectivity index (χ1) is 12.2. The number of nitrogens with one attached hydrogen (secondary N) is 1. The van der Waals surface area contributed by atoms with Gasteiger partial charge in [0.05, 0.1) is 5.56 Å². The van der Waals surface area contributed by atoms with Gasteiger partial charge in [0.15, 0.2) is 0 Å². The fourth-order valence-electron chi connectivity index (χ4n) is 2.88. The molecule has 0 saturated carbocycles. The van der Waals surface area contributed by atoms with Gasteiger partial charge < -0.3 is 14.8 Å². The molecule has 0 aliphatic carbocycles. The highest BCUT2D eigenvalue weighted by molar-refractivity contribution is 5.90. The van der Waals surface area contributed by atoms with Gasteiger partial charge in [-0.2, -0.15) is 0 Å². The van der Waals surface area contributed by atoms with Crippen LogP contribution in [0.3, 0.4) is 0 Å². The number of rotatable bonds is 3. The van der Waals surface area contributed by atoms with E-state index < -0.39 is 23.5 Å². The summed E-state index contributed by atoms with van der Waals surface area (Å²) in [5, 5.41) is 2.72. The van der Waals surface area contributed by atoms with Gasteiger partial charge in [-0.3, -0.25) is 4.79 Å². The summed E-state index contributed by atoms with van der Waals surface area (Å²) in [7, 11) is 0. The number of halogens is 1. The third-order valence-corrected chi connectivity index (χ3v) is 4.26. The van der Waals surface area contributed by atoms with Crippen molar-refractivity contribution in [3.05, 3.63) is 59.4 Å². The van der Waals surface area contributed by atoms with Gasteiger partial charge >= 0.3 is 5.97 Å². The van der Waals surface area contributed by atoms with Gasteiger partial charge in [-0.25, -0.2) is 9.18 Å². The molecule has 5 nitrogen and oxygen atoms in total. The maximum absolute atomic E-state index is 13.0. The minimum Gasteiger partial charge on any atom is -0.484 e. The van der Waals surface area contributed by atoms with Crippen molar-refractivity contribution in [3.63, 3.8) is 0 Å². The van der Waals surface area contributed by atoms with Crippen LogP contribution in [0.25, 0.3) is 0 Å². The standard InChI is InChI=1S/C20H20FNO4/c1-12(23)22-16-8-9-17-14(10-16)11-18(20(2,3)26-17)25-19(24)13-4-6-15(21)7-5-13/h4-10,18H,11H2,1-3H3,(H,22,23). The lowest BCUT2D eigenvalue weighted by molar-refractivity contribution is -0.114. The zero-order valence-electron chi connectivity index (χ0n) is 14.8. The van der Waals surface area contributed by atoms with Crippen LogP contribution in [0.4, 0.5) is 10.1 Å². The molecule has 1 N–H and O–H groups in total. The van der Waals surface area contributed by atoms with Crippen LogP contribution in [0.15, 0.2) is 42.5 Å². The predicted octanol–water partition coefficient (Wildman–Crippen LogP) is 3.72. The summed E-state index contributed by atoms with van der Waals surface area (Å²) >= 11 is 0. The van der Waals surface area contributed by atoms with Gasteiger partial charge in [0, 0.05) is 24.6 Å². The SMILES string of the molecule is CC(=O)Nc1ccc2c(c1)CC(OC(=O)c1ccc(F)cc1)C(C)(C)O2. The molecule has 1 atom stereocenters. The van der Waals surface area contributed by atoms with E-state index in [-0.39, 0.29) is 11.5 Å². The van der Waals surface area contributed by atoms with E-state index in [2.05, 4.69) is 5.32 Å².